The molecular weight excluding hydrogens is 252 g/mol. The van der Waals surface area contributed by atoms with Gasteiger partial charge in [0.1, 0.15) is 5.75 Å². The van der Waals surface area contributed by atoms with Crippen LogP contribution in [0.15, 0.2) is 33.7 Å². The summed E-state index contributed by atoms with van der Waals surface area (Å²) in [5.41, 5.74) is 0.529. The SMILES string of the molecule is COc1cccc(SCC[n+]2noc([O-])c2C)c1. The molecule has 0 amide bonds. The van der Waals surface area contributed by atoms with Gasteiger partial charge in [-0.25, -0.2) is 0 Å². The number of nitrogens with zero attached hydrogens (tertiary/aromatic N) is 2. The zero-order valence-corrected chi connectivity index (χ0v) is 11.1. The van der Waals surface area contributed by atoms with E-state index in [4.69, 9.17) is 4.74 Å². The summed E-state index contributed by atoms with van der Waals surface area (Å²) in [6.07, 6.45) is 0. The van der Waals surface area contributed by atoms with Crippen molar-refractivity contribution < 1.29 is 19.0 Å². The third-order valence-electron chi connectivity index (χ3n) is 2.52. The average molecular weight is 266 g/mol. The molecule has 0 radical (unpaired) electrons. The van der Waals surface area contributed by atoms with Gasteiger partial charge in [0.25, 0.3) is 0 Å². The van der Waals surface area contributed by atoms with Crippen molar-refractivity contribution in [3.05, 3.63) is 30.0 Å². The molecule has 0 N–H and O–H groups in total. The van der Waals surface area contributed by atoms with Gasteiger partial charge in [-0.15, -0.1) is 11.8 Å². The van der Waals surface area contributed by atoms with E-state index in [2.05, 4.69) is 9.79 Å². The van der Waals surface area contributed by atoms with Crippen molar-refractivity contribution in [3.8, 4) is 11.7 Å². The van der Waals surface area contributed by atoms with Crippen LogP contribution in [-0.2, 0) is 6.54 Å². The minimum absolute atomic E-state index is 0.374. The van der Waals surface area contributed by atoms with Crippen molar-refractivity contribution in [2.45, 2.75) is 18.4 Å². The minimum atomic E-state index is -0.374. The van der Waals surface area contributed by atoms with E-state index in [1.54, 1.807) is 30.5 Å². The first-order chi connectivity index (χ1) is 8.70. The van der Waals surface area contributed by atoms with Gasteiger partial charge in [-0.1, -0.05) is 10.7 Å². The zero-order valence-electron chi connectivity index (χ0n) is 10.3. The maximum Gasteiger partial charge on any atom is 0.230 e. The van der Waals surface area contributed by atoms with Crippen LogP contribution in [0, 0.1) is 6.92 Å². The van der Waals surface area contributed by atoms with Crippen LogP contribution in [0.3, 0.4) is 0 Å². The summed E-state index contributed by atoms with van der Waals surface area (Å²) < 4.78 is 11.3. The Bertz CT molecular complexity index is 528. The summed E-state index contributed by atoms with van der Waals surface area (Å²) in [4.78, 5) is 1.12. The van der Waals surface area contributed by atoms with E-state index >= 15 is 0 Å². The van der Waals surface area contributed by atoms with Crippen LogP contribution in [0.2, 0.25) is 0 Å². The quantitative estimate of drug-likeness (QED) is 0.600. The number of aryl methyl sites for hydroxylation is 1. The van der Waals surface area contributed by atoms with Gasteiger partial charge in [0.05, 0.1) is 18.1 Å². The summed E-state index contributed by atoms with van der Waals surface area (Å²) in [6.45, 7) is 2.34. The van der Waals surface area contributed by atoms with Crippen LogP contribution >= 0.6 is 11.8 Å². The molecule has 5 nitrogen and oxygen atoms in total. The molecular formula is C12H14N2O3S. The van der Waals surface area contributed by atoms with E-state index in [0.717, 1.165) is 16.4 Å². The molecule has 2 rings (SSSR count). The Morgan fingerprint density at radius 2 is 2.33 bits per heavy atom. The number of ether oxygens (including phenoxy) is 1. The van der Waals surface area contributed by atoms with Crippen LogP contribution in [0.5, 0.6) is 11.7 Å². The Morgan fingerprint density at radius 3 is 3.00 bits per heavy atom. The van der Waals surface area contributed by atoms with Crippen LogP contribution in [0.4, 0.5) is 0 Å². The van der Waals surface area contributed by atoms with E-state index < -0.39 is 0 Å². The molecule has 0 fully saturated rings. The number of aromatic nitrogens is 2. The molecule has 0 atom stereocenters. The smallest absolute Gasteiger partial charge is 0.230 e. The average Bonchev–Trinajstić information content (AvgIpc) is 2.71. The summed E-state index contributed by atoms with van der Waals surface area (Å²) in [5, 5.41) is 14.8. The highest BCUT2D eigenvalue weighted by Crippen LogP contribution is 2.22. The second kappa shape index (κ2) is 5.77. The minimum Gasteiger partial charge on any atom is -0.539 e. The topological polar surface area (TPSA) is 62.2 Å². The van der Waals surface area contributed by atoms with E-state index in [-0.39, 0.29) is 5.95 Å². The first kappa shape index (κ1) is 12.8. The molecule has 0 unspecified atom stereocenters. The van der Waals surface area contributed by atoms with Gasteiger partial charge in [0.2, 0.25) is 5.69 Å². The molecule has 0 aliphatic rings. The molecule has 2 aromatic rings. The molecule has 0 saturated heterocycles. The first-order valence-electron chi connectivity index (χ1n) is 5.51. The summed E-state index contributed by atoms with van der Waals surface area (Å²) >= 11 is 1.68. The van der Waals surface area contributed by atoms with Gasteiger partial charge in [0.15, 0.2) is 12.5 Å². The van der Waals surface area contributed by atoms with Crippen molar-refractivity contribution in [1.82, 2.24) is 5.27 Å². The maximum absolute atomic E-state index is 11.1. The molecule has 0 aliphatic carbocycles. The number of hydrogen-bond donors (Lipinski definition) is 0. The summed E-state index contributed by atoms with van der Waals surface area (Å²) in [7, 11) is 1.65. The lowest BCUT2D eigenvalue weighted by Crippen LogP contribution is -2.39. The van der Waals surface area contributed by atoms with Gasteiger partial charge < -0.3 is 14.4 Å². The fraction of sp³-hybridized carbons (Fsp3) is 0.333. The fourth-order valence-electron chi connectivity index (χ4n) is 1.47. The molecule has 6 heteroatoms. The van der Waals surface area contributed by atoms with Crippen LogP contribution in [0.1, 0.15) is 5.69 Å². The molecule has 1 heterocycles. The third-order valence-corrected chi connectivity index (χ3v) is 3.49. The van der Waals surface area contributed by atoms with Gasteiger partial charge in [0, 0.05) is 11.8 Å². The molecule has 0 spiro atoms. The molecule has 0 aliphatic heterocycles. The Kier molecular flexibility index (Phi) is 4.09. The van der Waals surface area contributed by atoms with Crippen LogP contribution in [0.25, 0.3) is 0 Å². The Morgan fingerprint density at radius 1 is 1.50 bits per heavy atom. The second-order valence-electron chi connectivity index (χ2n) is 3.70. The summed E-state index contributed by atoms with van der Waals surface area (Å²) in [6, 6.07) is 7.85. The van der Waals surface area contributed by atoms with E-state index in [0.29, 0.717) is 12.2 Å². The molecule has 96 valence electrons. The zero-order chi connectivity index (χ0) is 13.0. The van der Waals surface area contributed by atoms with Gasteiger partial charge in [-0.05, 0) is 18.2 Å². The standard InChI is InChI=1S/C12H14N2O3S/c1-9-12(15)17-13-14(9)6-7-18-11-5-3-4-10(8-11)16-2/h3-5,8H,6-7H2,1-2H3. The lowest BCUT2D eigenvalue weighted by Gasteiger charge is -2.02. The Balaban J connectivity index is 1.90. The van der Waals surface area contributed by atoms with Gasteiger partial charge in [-0.2, -0.15) is 0 Å². The van der Waals surface area contributed by atoms with E-state index in [1.165, 1.54) is 0 Å². The lowest BCUT2D eigenvalue weighted by molar-refractivity contribution is -0.763. The third kappa shape index (κ3) is 2.95. The van der Waals surface area contributed by atoms with E-state index in [9.17, 15) is 5.11 Å². The van der Waals surface area contributed by atoms with Crippen molar-refractivity contribution in [2.24, 2.45) is 0 Å². The lowest BCUT2D eigenvalue weighted by atomic mass is 10.3. The highest BCUT2D eigenvalue weighted by Gasteiger charge is 2.11. The molecule has 0 bridgehead atoms. The number of benzene rings is 1. The summed E-state index contributed by atoms with van der Waals surface area (Å²) in [5.74, 6) is 1.28. The largest absolute Gasteiger partial charge is 0.539 e. The predicted octanol–water partition coefficient (Wildman–Crippen LogP) is 1.15. The molecule has 1 aromatic carbocycles. The second-order valence-corrected chi connectivity index (χ2v) is 4.86. The van der Waals surface area contributed by atoms with Crippen molar-refractivity contribution in [1.29, 1.82) is 0 Å². The number of rotatable bonds is 5. The maximum atomic E-state index is 11.1. The Labute approximate surface area is 109 Å². The van der Waals surface area contributed by atoms with E-state index in [1.807, 2.05) is 24.3 Å². The van der Waals surface area contributed by atoms with Gasteiger partial charge >= 0.3 is 0 Å². The highest BCUT2D eigenvalue weighted by molar-refractivity contribution is 7.99. The number of thioether (sulfide) groups is 1. The first-order valence-corrected chi connectivity index (χ1v) is 6.49. The normalized spacial score (nSPS) is 10.6. The van der Waals surface area contributed by atoms with Crippen LogP contribution in [-0.4, -0.2) is 18.1 Å². The van der Waals surface area contributed by atoms with Crippen molar-refractivity contribution in [2.75, 3.05) is 12.9 Å². The molecule has 0 saturated carbocycles. The fourth-order valence-corrected chi connectivity index (χ4v) is 2.34. The predicted molar refractivity (Wildman–Crippen MR) is 64.6 cm³/mol. The molecule has 18 heavy (non-hydrogen) atoms. The van der Waals surface area contributed by atoms with Gasteiger partial charge in [-0.3, -0.25) is 0 Å². The highest BCUT2D eigenvalue weighted by atomic mass is 32.2. The van der Waals surface area contributed by atoms with Crippen molar-refractivity contribution in [3.63, 3.8) is 0 Å². The Hall–Kier alpha value is -1.69. The number of methoxy groups -OCH3 is 1. The monoisotopic (exact) mass is 266 g/mol. The van der Waals surface area contributed by atoms with Crippen molar-refractivity contribution >= 4 is 11.8 Å². The number of hydrogen-bond acceptors (Lipinski definition) is 5. The van der Waals surface area contributed by atoms with Crippen LogP contribution < -0.4 is 14.5 Å². The molecule has 1 aromatic heterocycles.